The van der Waals surface area contributed by atoms with Gasteiger partial charge >= 0.3 is 0 Å². The van der Waals surface area contributed by atoms with Crippen molar-refractivity contribution >= 4 is 21.8 Å². The first-order valence-corrected chi connectivity index (χ1v) is 7.54. The number of aliphatic hydroxyl groups is 1. The Kier molecular flexibility index (Phi) is 3.39. The van der Waals surface area contributed by atoms with E-state index in [9.17, 15) is 9.90 Å². The molecule has 1 N–H and O–H groups in total. The number of carbonyl (C=O) groups excluding carboxylic acids is 1. The van der Waals surface area contributed by atoms with Gasteiger partial charge < -0.3 is 14.7 Å². The van der Waals surface area contributed by atoms with E-state index < -0.39 is 5.60 Å². The number of hydrogen-bond acceptors (Lipinski definition) is 3. The van der Waals surface area contributed by atoms with Crippen LogP contribution in [-0.2, 0) is 14.9 Å². The van der Waals surface area contributed by atoms with E-state index in [2.05, 4.69) is 15.9 Å². The molecule has 4 nitrogen and oxygen atoms in total. The molecule has 2 heterocycles. The van der Waals surface area contributed by atoms with Crippen molar-refractivity contribution in [1.29, 1.82) is 0 Å². The topological polar surface area (TPSA) is 49.8 Å². The molecule has 2 fully saturated rings. The minimum atomic E-state index is -0.712. The molecule has 0 radical (unpaired) electrons. The normalized spacial score (nSPS) is 22.9. The number of β-amino-alcohol motifs (C(OH)–C–C–N with tert-alkyl or cyclic N) is 1. The summed E-state index contributed by atoms with van der Waals surface area (Å²) < 4.78 is 6.39. The van der Waals surface area contributed by atoms with Gasteiger partial charge in [0.05, 0.1) is 37.3 Å². The van der Waals surface area contributed by atoms with Crippen LogP contribution in [0.25, 0.3) is 0 Å². The number of likely N-dealkylation sites (tertiary alicyclic amines) is 1. The summed E-state index contributed by atoms with van der Waals surface area (Å²) in [4.78, 5) is 14.0. The van der Waals surface area contributed by atoms with Crippen LogP contribution in [0, 0.1) is 0 Å². The zero-order valence-electron chi connectivity index (χ0n) is 11.4. The number of ether oxygens (including phenoxy) is 1. The number of amides is 1. The molecule has 0 unspecified atom stereocenters. The molecule has 20 heavy (non-hydrogen) atoms. The Balaban J connectivity index is 1.71. The highest BCUT2D eigenvalue weighted by Crippen LogP contribution is 2.37. The summed E-state index contributed by atoms with van der Waals surface area (Å²) in [5.41, 5.74) is 0.239. The highest BCUT2D eigenvalue weighted by atomic mass is 79.9. The van der Waals surface area contributed by atoms with Gasteiger partial charge in [-0.1, -0.05) is 28.1 Å². The second-order valence-electron chi connectivity index (χ2n) is 6.20. The van der Waals surface area contributed by atoms with Crippen molar-refractivity contribution < 1.29 is 14.6 Å². The number of nitrogens with zero attached hydrogens (tertiary/aromatic N) is 1. The predicted molar refractivity (Wildman–Crippen MR) is 78.5 cm³/mol. The van der Waals surface area contributed by atoms with Crippen molar-refractivity contribution in [1.82, 2.24) is 4.90 Å². The van der Waals surface area contributed by atoms with Gasteiger partial charge in [-0.25, -0.2) is 0 Å². The molecule has 2 aliphatic heterocycles. The van der Waals surface area contributed by atoms with Crippen LogP contribution >= 0.6 is 15.9 Å². The molecule has 1 amide bonds. The van der Waals surface area contributed by atoms with Crippen LogP contribution in [0.1, 0.15) is 18.9 Å². The zero-order chi connectivity index (χ0) is 14.4. The molecule has 2 saturated heterocycles. The number of halogens is 1. The monoisotopic (exact) mass is 339 g/mol. The molecule has 0 saturated carbocycles. The standard InChI is InChI=1S/C15H18BrNO3/c1-14(19)7-17(8-14)13(18)6-15(9-20-10-15)11-2-4-12(16)5-3-11/h2-5,19H,6-10H2,1H3. The Bertz CT molecular complexity index is 514. The van der Waals surface area contributed by atoms with E-state index in [1.807, 2.05) is 24.3 Å². The van der Waals surface area contributed by atoms with E-state index in [1.54, 1.807) is 11.8 Å². The molecule has 3 rings (SSSR count). The third-order valence-corrected chi connectivity index (χ3v) is 4.65. The van der Waals surface area contributed by atoms with Crippen molar-refractivity contribution in [2.45, 2.75) is 24.4 Å². The molecule has 2 aliphatic rings. The van der Waals surface area contributed by atoms with Gasteiger partial charge in [0, 0.05) is 10.9 Å². The largest absolute Gasteiger partial charge is 0.386 e. The molecule has 0 atom stereocenters. The molecule has 0 aliphatic carbocycles. The van der Waals surface area contributed by atoms with Gasteiger partial charge in [-0.3, -0.25) is 4.79 Å². The van der Waals surface area contributed by atoms with Crippen LogP contribution in [0.5, 0.6) is 0 Å². The maximum atomic E-state index is 12.3. The van der Waals surface area contributed by atoms with Gasteiger partial charge in [0.2, 0.25) is 5.91 Å². The summed E-state index contributed by atoms with van der Waals surface area (Å²) in [5.74, 6) is 0.0998. The van der Waals surface area contributed by atoms with Crippen molar-refractivity contribution in [2.24, 2.45) is 0 Å². The first-order chi connectivity index (χ1) is 9.40. The minimum Gasteiger partial charge on any atom is -0.386 e. The van der Waals surface area contributed by atoms with E-state index in [4.69, 9.17) is 4.74 Å². The fourth-order valence-corrected chi connectivity index (χ4v) is 3.14. The van der Waals surface area contributed by atoms with E-state index >= 15 is 0 Å². The van der Waals surface area contributed by atoms with E-state index in [0.29, 0.717) is 32.7 Å². The van der Waals surface area contributed by atoms with Crippen LogP contribution < -0.4 is 0 Å². The quantitative estimate of drug-likeness (QED) is 0.911. The molecular weight excluding hydrogens is 322 g/mol. The van der Waals surface area contributed by atoms with E-state index in [-0.39, 0.29) is 11.3 Å². The Hall–Kier alpha value is -0.910. The molecule has 1 aromatic rings. The third-order valence-electron chi connectivity index (χ3n) is 4.12. The molecular formula is C15H18BrNO3. The van der Waals surface area contributed by atoms with Crippen molar-refractivity contribution in [3.8, 4) is 0 Å². The average Bonchev–Trinajstić information content (AvgIpc) is 2.32. The van der Waals surface area contributed by atoms with E-state index in [1.165, 1.54) is 0 Å². The van der Waals surface area contributed by atoms with Crippen molar-refractivity contribution in [2.75, 3.05) is 26.3 Å². The number of hydrogen-bond donors (Lipinski definition) is 1. The maximum absolute atomic E-state index is 12.3. The Morgan fingerprint density at radius 1 is 1.35 bits per heavy atom. The summed E-state index contributed by atoms with van der Waals surface area (Å²) in [7, 11) is 0. The summed E-state index contributed by atoms with van der Waals surface area (Å²) in [6.07, 6.45) is 0.449. The fraction of sp³-hybridized carbons (Fsp3) is 0.533. The lowest BCUT2D eigenvalue weighted by Crippen LogP contribution is -2.63. The van der Waals surface area contributed by atoms with Crippen molar-refractivity contribution in [3.05, 3.63) is 34.3 Å². The number of rotatable bonds is 3. The highest BCUT2D eigenvalue weighted by molar-refractivity contribution is 9.10. The molecule has 0 bridgehead atoms. The van der Waals surface area contributed by atoms with Gasteiger partial charge in [0.25, 0.3) is 0 Å². The van der Waals surface area contributed by atoms with Gasteiger partial charge in [-0.05, 0) is 24.6 Å². The second kappa shape index (κ2) is 4.83. The van der Waals surface area contributed by atoms with Crippen LogP contribution in [0.2, 0.25) is 0 Å². The summed E-state index contributed by atoms with van der Waals surface area (Å²) in [5, 5.41) is 9.73. The maximum Gasteiger partial charge on any atom is 0.223 e. The summed E-state index contributed by atoms with van der Waals surface area (Å²) in [6, 6.07) is 8.08. The lowest BCUT2D eigenvalue weighted by molar-refractivity contribution is -0.159. The van der Waals surface area contributed by atoms with Crippen LogP contribution in [0.4, 0.5) is 0 Å². The van der Waals surface area contributed by atoms with Crippen LogP contribution in [-0.4, -0.2) is 47.8 Å². The predicted octanol–water partition coefficient (Wildman–Crippen LogP) is 1.70. The van der Waals surface area contributed by atoms with Gasteiger partial charge in [0.1, 0.15) is 0 Å². The first-order valence-electron chi connectivity index (χ1n) is 6.74. The Morgan fingerprint density at radius 3 is 2.40 bits per heavy atom. The molecule has 0 spiro atoms. The second-order valence-corrected chi connectivity index (χ2v) is 7.12. The van der Waals surface area contributed by atoms with Gasteiger partial charge in [0.15, 0.2) is 0 Å². The van der Waals surface area contributed by atoms with Gasteiger partial charge in [-0.15, -0.1) is 0 Å². The molecule has 0 aromatic heterocycles. The highest BCUT2D eigenvalue weighted by Gasteiger charge is 2.46. The van der Waals surface area contributed by atoms with Crippen LogP contribution in [0.3, 0.4) is 0 Å². The molecule has 1 aromatic carbocycles. The Morgan fingerprint density at radius 2 is 1.95 bits per heavy atom. The lowest BCUT2D eigenvalue weighted by Gasteiger charge is -2.47. The fourth-order valence-electron chi connectivity index (χ4n) is 2.88. The first kappa shape index (κ1) is 14.0. The molecule has 5 heteroatoms. The number of benzene rings is 1. The third kappa shape index (κ3) is 2.50. The Labute approximate surface area is 126 Å². The smallest absolute Gasteiger partial charge is 0.223 e. The van der Waals surface area contributed by atoms with Gasteiger partial charge in [-0.2, -0.15) is 0 Å². The minimum absolute atomic E-state index is 0.0998. The lowest BCUT2D eigenvalue weighted by atomic mass is 9.75. The summed E-state index contributed by atoms with van der Waals surface area (Å²) >= 11 is 3.42. The van der Waals surface area contributed by atoms with Crippen LogP contribution in [0.15, 0.2) is 28.7 Å². The SMILES string of the molecule is CC1(O)CN(C(=O)CC2(c3ccc(Br)cc3)COC2)C1. The summed E-state index contributed by atoms with van der Waals surface area (Å²) in [6.45, 7) is 3.80. The average molecular weight is 340 g/mol. The van der Waals surface area contributed by atoms with E-state index in [0.717, 1.165) is 10.0 Å². The van der Waals surface area contributed by atoms with Crippen molar-refractivity contribution in [3.63, 3.8) is 0 Å². The zero-order valence-corrected chi connectivity index (χ0v) is 13.0. The number of carbonyl (C=O) groups is 1. The molecule has 108 valence electrons.